The highest BCUT2D eigenvalue weighted by atomic mass is 16.5. The predicted octanol–water partition coefficient (Wildman–Crippen LogP) is 3.12. The number of guanidine groups is 1. The van der Waals surface area contributed by atoms with E-state index in [1.165, 1.54) is 0 Å². The third-order valence-corrected chi connectivity index (χ3v) is 3.22. The molecule has 0 aliphatic rings. The highest BCUT2D eigenvalue weighted by Gasteiger charge is 2.14. The van der Waals surface area contributed by atoms with Gasteiger partial charge in [0, 0.05) is 25.4 Å². The molecule has 2 N–H and O–H groups in total. The molecule has 0 fully saturated rings. The lowest BCUT2D eigenvalue weighted by atomic mass is 10.1. The SMILES string of the molecule is CN=C(NCc1ccccn1)NCc1ccccc1OC(C)(C)C. The minimum atomic E-state index is -0.227. The van der Waals surface area contributed by atoms with Crippen molar-refractivity contribution in [3.8, 4) is 5.75 Å². The van der Waals surface area contributed by atoms with E-state index in [-0.39, 0.29) is 5.60 Å². The summed E-state index contributed by atoms with van der Waals surface area (Å²) in [5.74, 6) is 1.61. The number of pyridine rings is 1. The van der Waals surface area contributed by atoms with E-state index in [1.54, 1.807) is 13.2 Å². The molecule has 2 aromatic rings. The lowest BCUT2D eigenvalue weighted by molar-refractivity contribution is 0.129. The molecule has 24 heavy (non-hydrogen) atoms. The number of hydrogen-bond donors (Lipinski definition) is 2. The third kappa shape index (κ3) is 5.91. The third-order valence-electron chi connectivity index (χ3n) is 3.22. The number of nitrogens with zero attached hydrogens (tertiary/aromatic N) is 2. The maximum Gasteiger partial charge on any atom is 0.191 e. The summed E-state index contributed by atoms with van der Waals surface area (Å²) < 4.78 is 6.02. The highest BCUT2D eigenvalue weighted by molar-refractivity contribution is 5.79. The van der Waals surface area contributed by atoms with Gasteiger partial charge in [-0.05, 0) is 39.0 Å². The van der Waals surface area contributed by atoms with E-state index in [0.29, 0.717) is 13.1 Å². The molecule has 1 aromatic carbocycles. The largest absolute Gasteiger partial charge is 0.488 e. The molecule has 0 amide bonds. The van der Waals surface area contributed by atoms with Gasteiger partial charge in [-0.1, -0.05) is 24.3 Å². The van der Waals surface area contributed by atoms with Gasteiger partial charge in [0.05, 0.1) is 12.2 Å². The molecule has 1 heterocycles. The summed E-state index contributed by atoms with van der Waals surface area (Å²) >= 11 is 0. The molecular formula is C19H26N4O. The van der Waals surface area contributed by atoms with Crippen LogP contribution in [0.2, 0.25) is 0 Å². The van der Waals surface area contributed by atoms with Crippen LogP contribution in [0.3, 0.4) is 0 Å². The Morgan fingerprint density at radius 2 is 1.75 bits per heavy atom. The van der Waals surface area contributed by atoms with Gasteiger partial charge in [0.25, 0.3) is 0 Å². The van der Waals surface area contributed by atoms with Crippen LogP contribution in [0.15, 0.2) is 53.7 Å². The van der Waals surface area contributed by atoms with E-state index in [4.69, 9.17) is 4.74 Å². The average molecular weight is 326 g/mol. The van der Waals surface area contributed by atoms with Crippen LogP contribution in [-0.4, -0.2) is 23.6 Å². The Bertz CT molecular complexity index is 663. The Balaban J connectivity index is 1.94. The minimum absolute atomic E-state index is 0.227. The van der Waals surface area contributed by atoms with Gasteiger partial charge < -0.3 is 15.4 Å². The van der Waals surface area contributed by atoms with Crippen molar-refractivity contribution in [3.05, 3.63) is 59.9 Å². The van der Waals surface area contributed by atoms with Crippen LogP contribution >= 0.6 is 0 Å². The van der Waals surface area contributed by atoms with Gasteiger partial charge in [-0.25, -0.2) is 0 Å². The molecule has 0 unspecified atom stereocenters. The van der Waals surface area contributed by atoms with Gasteiger partial charge in [-0.15, -0.1) is 0 Å². The molecule has 0 saturated heterocycles. The zero-order chi connectivity index (χ0) is 17.4. The number of aliphatic imine (C=N–C) groups is 1. The average Bonchev–Trinajstić information content (AvgIpc) is 2.56. The van der Waals surface area contributed by atoms with Gasteiger partial charge in [-0.3, -0.25) is 9.98 Å². The maximum absolute atomic E-state index is 6.02. The molecule has 0 radical (unpaired) electrons. The van der Waals surface area contributed by atoms with E-state index in [0.717, 1.165) is 23.0 Å². The number of para-hydroxylation sites is 1. The van der Waals surface area contributed by atoms with E-state index >= 15 is 0 Å². The number of hydrogen-bond acceptors (Lipinski definition) is 3. The number of ether oxygens (including phenoxy) is 1. The quantitative estimate of drug-likeness (QED) is 0.655. The summed E-state index contributed by atoms with van der Waals surface area (Å²) in [6, 6.07) is 13.9. The van der Waals surface area contributed by atoms with Crippen molar-refractivity contribution in [3.63, 3.8) is 0 Å². The molecule has 5 heteroatoms. The second kappa shape index (κ2) is 8.34. The summed E-state index contributed by atoms with van der Waals surface area (Å²) in [4.78, 5) is 8.54. The molecule has 5 nitrogen and oxygen atoms in total. The summed E-state index contributed by atoms with van der Waals surface area (Å²) in [5, 5.41) is 6.57. The second-order valence-electron chi connectivity index (χ2n) is 6.42. The number of nitrogens with one attached hydrogen (secondary N) is 2. The lowest BCUT2D eigenvalue weighted by Crippen LogP contribution is -2.36. The number of aromatic nitrogens is 1. The van der Waals surface area contributed by atoms with Crippen LogP contribution in [0.25, 0.3) is 0 Å². The minimum Gasteiger partial charge on any atom is -0.488 e. The van der Waals surface area contributed by atoms with Gasteiger partial charge in [-0.2, -0.15) is 0 Å². The van der Waals surface area contributed by atoms with Crippen molar-refractivity contribution in [2.75, 3.05) is 7.05 Å². The fourth-order valence-corrected chi connectivity index (χ4v) is 2.16. The number of rotatable bonds is 5. The second-order valence-corrected chi connectivity index (χ2v) is 6.42. The van der Waals surface area contributed by atoms with Crippen LogP contribution < -0.4 is 15.4 Å². The Hall–Kier alpha value is -2.56. The molecule has 0 spiro atoms. The van der Waals surface area contributed by atoms with Crippen LogP contribution in [0.5, 0.6) is 5.75 Å². The summed E-state index contributed by atoms with van der Waals surface area (Å²) in [6.07, 6.45) is 1.79. The van der Waals surface area contributed by atoms with E-state index in [9.17, 15) is 0 Å². The maximum atomic E-state index is 6.02. The molecule has 0 bridgehead atoms. The van der Waals surface area contributed by atoms with E-state index in [1.807, 2.05) is 57.2 Å². The summed E-state index contributed by atoms with van der Waals surface area (Å²) in [7, 11) is 1.76. The smallest absolute Gasteiger partial charge is 0.191 e. The summed E-state index contributed by atoms with van der Waals surface area (Å²) in [5.41, 5.74) is 1.83. The number of benzene rings is 1. The molecule has 128 valence electrons. The molecular weight excluding hydrogens is 300 g/mol. The van der Waals surface area contributed by atoms with Crippen LogP contribution in [0.4, 0.5) is 0 Å². The zero-order valence-corrected chi connectivity index (χ0v) is 14.8. The van der Waals surface area contributed by atoms with Crippen molar-refractivity contribution < 1.29 is 4.74 Å². The molecule has 0 saturated carbocycles. The first kappa shape index (κ1) is 17.8. The fraction of sp³-hybridized carbons (Fsp3) is 0.368. The van der Waals surface area contributed by atoms with Crippen molar-refractivity contribution in [2.24, 2.45) is 4.99 Å². The Kier molecular flexibility index (Phi) is 6.18. The summed E-state index contributed by atoms with van der Waals surface area (Å²) in [6.45, 7) is 7.40. The Labute approximate surface area is 144 Å². The van der Waals surface area contributed by atoms with Crippen molar-refractivity contribution in [1.29, 1.82) is 0 Å². The normalized spacial score (nSPS) is 11.9. The van der Waals surface area contributed by atoms with Gasteiger partial charge in [0.2, 0.25) is 0 Å². The zero-order valence-electron chi connectivity index (χ0n) is 14.8. The molecule has 2 rings (SSSR count). The highest BCUT2D eigenvalue weighted by Crippen LogP contribution is 2.22. The van der Waals surface area contributed by atoms with Gasteiger partial charge in [0.15, 0.2) is 5.96 Å². The first-order valence-corrected chi connectivity index (χ1v) is 8.09. The van der Waals surface area contributed by atoms with Gasteiger partial charge >= 0.3 is 0 Å². The topological polar surface area (TPSA) is 58.5 Å². The van der Waals surface area contributed by atoms with Crippen molar-refractivity contribution >= 4 is 5.96 Å². The molecule has 0 aliphatic carbocycles. The monoisotopic (exact) mass is 326 g/mol. The molecule has 0 atom stereocenters. The first-order valence-electron chi connectivity index (χ1n) is 8.09. The van der Waals surface area contributed by atoms with Crippen LogP contribution in [0, 0.1) is 0 Å². The Morgan fingerprint density at radius 1 is 1.04 bits per heavy atom. The molecule has 0 aliphatic heterocycles. The standard InChI is InChI=1S/C19H26N4O/c1-19(2,3)24-17-11-6-5-9-15(17)13-22-18(20-4)23-14-16-10-7-8-12-21-16/h5-12H,13-14H2,1-4H3,(H2,20,22,23). The van der Waals surface area contributed by atoms with Crippen molar-refractivity contribution in [1.82, 2.24) is 15.6 Å². The Morgan fingerprint density at radius 3 is 2.42 bits per heavy atom. The van der Waals surface area contributed by atoms with E-state index < -0.39 is 0 Å². The van der Waals surface area contributed by atoms with Crippen LogP contribution in [-0.2, 0) is 13.1 Å². The lowest BCUT2D eigenvalue weighted by Gasteiger charge is -2.23. The van der Waals surface area contributed by atoms with E-state index in [2.05, 4.69) is 26.7 Å². The fourth-order valence-electron chi connectivity index (χ4n) is 2.16. The van der Waals surface area contributed by atoms with Crippen molar-refractivity contribution in [2.45, 2.75) is 39.5 Å². The van der Waals surface area contributed by atoms with Gasteiger partial charge in [0.1, 0.15) is 11.4 Å². The van der Waals surface area contributed by atoms with Crippen LogP contribution in [0.1, 0.15) is 32.0 Å². The molecule has 1 aromatic heterocycles. The predicted molar refractivity (Wildman–Crippen MR) is 98.1 cm³/mol. The first-order chi connectivity index (χ1) is 11.5.